The van der Waals surface area contributed by atoms with Gasteiger partial charge in [-0.2, -0.15) is 0 Å². The molecule has 10 nitrogen and oxygen atoms in total. The highest BCUT2D eigenvalue weighted by Gasteiger charge is 2.20. The first-order chi connectivity index (χ1) is 15.4. The van der Waals surface area contributed by atoms with Crippen molar-refractivity contribution >= 4 is 33.2 Å². The van der Waals surface area contributed by atoms with Gasteiger partial charge in [0, 0.05) is 13.1 Å². The predicted molar refractivity (Wildman–Crippen MR) is 118 cm³/mol. The molecule has 5 rings (SSSR count). The van der Waals surface area contributed by atoms with Crippen molar-refractivity contribution in [2.75, 3.05) is 6.79 Å². The molecule has 1 amide bonds. The summed E-state index contributed by atoms with van der Waals surface area (Å²) in [5.74, 6) is 1.36. The lowest BCUT2D eigenvalue weighted by Gasteiger charge is -2.09. The minimum Gasteiger partial charge on any atom is -0.454 e. The molecule has 1 N–H and O–H groups in total. The molecule has 0 bridgehead atoms. The van der Waals surface area contributed by atoms with Crippen molar-refractivity contribution in [2.45, 2.75) is 33.5 Å². The van der Waals surface area contributed by atoms with Crippen LogP contribution < -0.4 is 26.0 Å². The van der Waals surface area contributed by atoms with Crippen molar-refractivity contribution in [1.82, 2.24) is 24.1 Å². The number of fused-ring (bicyclic) bond motifs is 4. The van der Waals surface area contributed by atoms with E-state index in [2.05, 4.69) is 10.4 Å². The van der Waals surface area contributed by atoms with Crippen LogP contribution in [0.2, 0.25) is 0 Å². The molecule has 0 fully saturated rings. The fourth-order valence-corrected chi connectivity index (χ4v) is 4.53. The molecule has 0 unspecified atom stereocenters. The number of nitrogens with one attached hydrogen (secondary N) is 1. The number of amides is 1. The SMILES string of the molecule is CC(C)Cn1c(=O)c2sccc2n2c(=O)n(CC(=O)NCc3ccc4c(c3)OCO4)nc12. The van der Waals surface area contributed by atoms with Crippen LogP contribution in [-0.2, 0) is 24.4 Å². The van der Waals surface area contributed by atoms with Gasteiger partial charge in [-0.3, -0.25) is 14.2 Å². The molecular weight excluding hydrogens is 434 g/mol. The molecule has 166 valence electrons. The minimum absolute atomic E-state index is 0.180. The molecule has 0 saturated carbocycles. The Hall–Kier alpha value is -3.60. The number of aromatic nitrogens is 4. The zero-order valence-corrected chi connectivity index (χ0v) is 18.3. The van der Waals surface area contributed by atoms with Gasteiger partial charge in [-0.25, -0.2) is 13.9 Å². The summed E-state index contributed by atoms with van der Waals surface area (Å²) in [5.41, 5.74) is 0.711. The average Bonchev–Trinajstić information content (AvgIpc) is 3.48. The van der Waals surface area contributed by atoms with Crippen LogP contribution in [0.1, 0.15) is 19.4 Å². The summed E-state index contributed by atoms with van der Waals surface area (Å²) in [4.78, 5) is 38.6. The van der Waals surface area contributed by atoms with E-state index < -0.39 is 5.69 Å². The number of benzene rings is 1. The summed E-state index contributed by atoms with van der Waals surface area (Å²) in [6.07, 6.45) is 0. The van der Waals surface area contributed by atoms with Crippen molar-refractivity contribution in [1.29, 1.82) is 0 Å². The molecular formula is C21H21N5O5S. The third kappa shape index (κ3) is 3.44. The highest BCUT2D eigenvalue weighted by atomic mass is 32.1. The van der Waals surface area contributed by atoms with E-state index in [1.807, 2.05) is 19.9 Å². The first-order valence-corrected chi connectivity index (χ1v) is 11.0. The standard InChI is InChI=1S/C21H21N5O5S/c1-12(2)9-24-19(28)18-14(5-6-32-18)26-20(24)23-25(21(26)29)10-17(27)22-8-13-3-4-15-16(7-13)31-11-30-15/h3-7,12H,8-11H2,1-2H3,(H,22,27). The molecule has 0 radical (unpaired) electrons. The van der Waals surface area contributed by atoms with Gasteiger partial charge in [0.05, 0.1) is 5.52 Å². The molecule has 0 atom stereocenters. The quantitative estimate of drug-likeness (QED) is 0.473. The molecule has 0 saturated heterocycles. The van der Waals surface area contributed by atoms with Crippen LogP contribution in [0.4, 0.5) is 0 Å². The van der Waals surface area contributed by atoms with Crippen LogP contribution in [0.15, 0.2) is 39.2 Å². The monoisotopic (exact) mass is 455 g/mol. The Morgan fingerprint density at radius 3 is 2.84 bits per heavy atom. The van der Waals surface area contributed by atoms with Gasteiger partial charge in [-0.05, 0) is 35.1 Å². The van der Waals surface area contributed by atoms with Crippen molar-refractivity contribution in [3.8, 4) is 11.5 Å². The third-order valence-corrected chi connectivity index (χ3v) is 6.05. The second-order valence-electron chi connectivity index (χ2n) is 7.98. The Morgan fingerprint density at radius 1 is 1.22 bits per heavy atom. The van der Waals surface area contributed by atoms with E-state index in [-0.39, 0.29) is 43.0 Å². The molecule has 1 aromatic carbocycles. The van der Waals surface area contributed by atoms with Crippen LogP contribution in [-0.4, -0.2) is 31.4 Å². The molecule has 4 aromatic rings. The number of thiophene rings is 1. The number of carbonyl (C=O) groups excluding carboxylic acids is 1. The second kappa shape index (κ2) is 7.83. The van der Waals surface area contributed by atoms with E-state index in [1.54, 1.807) is 23.6 Å². The maximum absolute atomic E-state index is 13.1. The highest BCUT2D eigenvalue weighted by Crippen LogP contribution is 2.32. The fraction of sp³-hybridized carbons (Fsp3) is 0.333. The van der Waals surface area contributed by atoms with Gasteiger partial charge in [0.25, 0.3) is 5.56 Å². The molecule has 1 aliphatic heterocycles. The number of rotatable bonds is 6. The Balaban J connectivity index is 1.43. The Kier molecular flexibility index (Phi) is 4.97. The largest absolute Gasteiger partial charge is 0.454 e. The van der Waals surface area contributed by atoms with E-state index in [9.17, 15) is 14.4 Å². The van der Waals surface area contributed by atoms with Crippen LogP contribution in [0.5, 0.6) is 11.5 Å². The normalized spacial score (nSPS) is 12.8. The summed E-state index contributed by atoms with van der Waals surface area (Å²) < 4.78 is 15.1. The van der Waals surface area contributed by atoms with Gasteiger partial charge in [-0.15, -0.1) is 16.4 Å². The molecule has 11 heteroatoms. The number of carbonyl (C=O) groups is 1. The van der Waals surface area contributed by atoms with Crippen LogP contribution in [0.25, 0.3) is 16.0 Å². The number of nitrogens with zero attached hydrogens (tertiary/aromatic N) is 4. The van der Waals surface area contributed by atoms with Crippen LogP contribution in [0.3, 0.4) is 0 Å². The van der Waals surface area contributed by atoms with Gasteiger partial charge in [0.2, 0.25) is 18.5 Å². The molecule has 32 heavy (non-hydrogen) atoms. The van der Waals surface area contributed by atoms with Crippen molar-refractivity contribution in [2.24, 2.45) is 5.92 Å². The van der Waals surface area contributed by atoms with Gasteiger partial charge >= 0.3 is 5.69 Å². The summed E-state index contributed by atoms with van der Waals surface area (Å²) in [7, 11) is 0. The molecule has 1 aliphatic rings. The summed E-state index contributed by atoms with van der Waals surface area (Å²) in [6, 6.07) is 7.15. The topological polar surface area (TPSA) is 109 Å². The predicted octanol–water partition coefficient (Wildman–Crippen LogP) is 1.57. The summed E-state index contributed by atoms with van der Waals surface area (Å²) in [6.45, 7) is 4.58. The van der Waals surface area contributed by atoms with Crippen LogP contribution >= 0.6 is 11.3 Å². The molecule has 4 heterocycles. The van der Waals surface area contributed by atoms with E-state index in [1.165, 1.54) is 20.3 Å². The molecule has 3 aromatic heterocycles. The molecule has 0 spiro atoms. The van der Waals surface area contributed by atoms with Crippen LogP contribution in [0, 0.1) is 5.92 Å². The minimum atomic E-state index is -0.459. The first kappa shape index (κ1) is 20.3. The fourth-order valence-electron chi connectivity index (χ4n) is 3.71. The Bertz CT molecular complexity index is 1460. The van der Waals surface area contributed by atoms with Gasteiger partial charge < -0.3 is 14.8 Å². The maximum atomic E-state index is 13.1. The highest BCUT2D eigenvalue weighted by molar-refractivity contribution is 7.17. The average molecular weight is 455 g/mol. The number of hydrogen-bond donors (Lipinski definition) is 1. The zero-order chi connectivity index (χ0) is 22.4. The Labute approximate surface area is 185 Å². The van der Waals surface area contributed by atoms with E-state index in [0.717, 1.165) is 10.2 Å². The third-order valence-electron chi connectivity index (χ3n) is 5.16. The van der Waals surface area contributed by atoms with Gasteiger partial charge in [-0.1, -0.05) is 19.9 Å². The van der Waals surface area contributed by atoms with E-state index >= 15 is 0 Å². The second-order valence-corrected chi connectivity index (χ2v) is 8.90. The maximum Gasteiger partial charge on any atom is 0.352 e. The number of hydrogen-bond acceptors (Lipinski definition) is 7. The van der Waals surface area contributed by atoms with Gasteiger partial charge in [0.15, 0.2) is 11.5 Å². The smallest absolute Gasteiger partial charge is 0.352 e. The van der Waals surface area contributed by atoms with Crippen molar-refractivity contribution < 1.29 is 14.3 Å². The van der Waals surface area contributed by atoms with E-state index in [4.69, 9.17) is 9.47 Å². The first-order valence-electron chi connectivity index (χ1n) is 10.2. The number of ether oxygens (including phenoxy) is 2. The Morgan fingerprint density at radius 2 is 2.03 bits per heavy atom. The van der Waals surface area contributed by atoms with E-state index in [0.29, 0.717) is 28.3 Å². The summed E-state index contributed by atoms with van der Waals surface area (Å²) in [5, 5.41) is 8.90. The van der Waals surface area contributed by atoms with Crippen molar-refractivity contribution in [3.63, 3.8) is 0 Å². The van der Waals surface area contributed by atoms with Crippen molar-refractivity contribution in [3.05, 3.63) is 56.0 Å². The lowest BCUT2D eigenvalue weighted by molar-refractivity contribution is -0.122. The zero-order valence-electron chi connectivity index (χ0n) is 17.5. The lowest BCUT2D eigenvalue weighted by Crippen LogP contribution is -2.32. The molecule has 0 aliphatic carbocycles. The summed E-state index contributed by atoms with van der Waals surface area (Å²) >= 11 is 1.29. The van der Waals surface area contributed by atoms with Gasteiger partial charge in [0.1, 0.15) is 11.2 Å². The lowest BCUT2D eigenvalue weighted by atomic mass is 10.2.